The quantitative estimate of drug-likeness (QED) is 0.900. The molecule has 0 spiro atoms. The summed E-state index contributed by atoms with van der Waals surface area (Å²) in [5.74, 6) is -1.46. The molecule has 1 heterocycles. The lowest BCUT2D eigenvalue weighted by atomic mass is 10.3. The number of hydrogen-bond donors (Lipinski definition) is 2. The Labute approximate surface area is 117 Å². The van der Waals surface area contributed by atoms with Crippen LogP contribution in [0.3, 0.4) is 0 Å². The van der Waals surface area contributed by atoms with Gasteiger partial charge in [-0.25, -0.2) is 14.2 Å². The summed E-state index contributed by atoms with van der Waals surface area (Å²) in [5, 5.41) is 11.9. The van der Waals surface area contributed by atoms with Crippen molar-refractivity contribution in [3.8, 4) is 0 Å². The highest BCUT2D eigenvalue weighted by Gasteiger charge is 2.12. The molecule has 0 saturated carbocycles. The number of aromatic nitrogens is 1. The fourth-order valence-corrected chi connectivity index (χ4v) is 1.79. The van der Waals surface area contributed by atoms with E-state index in [2.05, 4.69) is 10.3 Å². The van der Waals surface area contributed by atoms with Crippen molar-refractivity contribution in [1.82, 2.24) is 4.98 Å². The lowest BCUT2D eigenvalue weighted by Crippen LogP contribution is -2.04. The van der Waals surface area contributed by atoms with Gasteiger partial charge in [-0.2, -0.15) is 0 Å². The minimum atomic E-state index is -1.24. The molecule has 1 aromatic heterocycles. The molecule has 7 heteroatoms. The number of nitrogens with zero attached hydrogens (tertiary/aromatic N) is 1. The third-order valence-corrected chi connectivity index (χ3v) is 2.86. The van der Waals surface area contributed by atoms with Crippen LogP contribution in [-0.4, -0.2) is 16.1 Å². The Kier molecular flexibility index (Phi) is 3.87. The van der Waals surface area contributed by atoms with Crippen LogP contribution in [0.25, 0.3) is 0 Å². The number of pyridine rings is 1. The fourth-order valence-electron chi connectivity index (χ4n) is 1.39. The van der Waals surface area contributed by atoms with Gasteiger partial charge in [0, 0.05) is 0 Å². The number of carboxylic acid groups (broad SMARTS) is 1. The van der Waals surface area contributed by atoms with E-state index < -0.39 is 11.8 Å². The van der Waals surface area contributed by atoms with Crippen LogP contribution in [0.2, 0.25) is 10.0 Å². The maximum atomic E-state index is 12.9. The maximum absolute atomic E-state index is 12.9. The molecule has 0 unspecified atom stereocenters. The number of carbonyl (C=O) groups is 1. The first-order valence-electron chi connectivity index (χ1n) is 5.09. The molecule has 0 saturated heterocycles. The highest BCUT2D eigenvalue weighted by molar-refractivity contribution is 6.33. The zero-order valence-electron chi connectivity index (χ0n) is 9.32. The first-order valence-corrected chi connectivity index (χ1v) is 5.85. The molecule has 0 aliphatic heterocycles. The van der Waals surface area contributed by atoms with Gasteiger partial charge in [0.2, 0.25) is 0 Å². The molecular weight excluding hydrogens is 294 g/mol. The van der Waals surface area contributed by atoms with Gasteiger partial charge in [0.25, 0.3) is 0 Å². The van der Waals surface area contributed by atoms with Gasteiger partial charge < -0.3 is 10.4 Å². The van der Waals surface area contributed by atoms with Crippen LogP contribution in [0.5, 0.6) is 0 Å². The van der Waals surface area contributed by atoms with Gasteiger partial charge in [-0.15, -0.1) is 0 Å². The normalized spacial score (nSPS) is 10.3. The van der Waals surface area contributed by atoms with E-state index in [1.165, 1.54) is 24.3 Å². The summed E-state index contributed by atoms with van der Waals surface area (Å²) in [5.41, 5.74) is 0.138. The number of nitrogens with one attached hydrogen (secondary N) is 1. The second kappa shape index (κ2) is 5.42. The summed E-state index contributed by atoms with van der Waals surface area (Å²) in [6, 6.07) is 6.68. The monoisotopic (exact) mass is 300 g/mol. The Hall–Kier alpha value is -1.85. The summed E-state index contributed by atoms with van der Waals surface area (Å²) in [6.45, 7) is 0. The number of carboxylic acids is 1. The summed E-state index contributed by atoms with van der Waals surface area (Å²) in [6.07, 6.45) is 0. The molecule has 4 nitrogen and oxygen atoms in total. The van der Waals surface area contributed by atoms with Crippen LogP contribution < -0.4 is 5.32 Å². The zero-order valence-corrected chi connectivity index (χ0v) is 10.8. The third kappa shape index (κ3) is 3.13. The summed E-state index contributed by atoms with van der Waals surface area (Å²) in [7, 11) is 0. The Morgan fingerprint density at radius 1 is 1.21 bits per heavy atom. The highest BCUT2D eigenvalue weighted by atomic mass is 35.5. The largest absolute Gasteiger partial charge is 0.476 e. The SMILES string of the molecule is O=C(O)c1nc(Nc2ccc(F)cc2Cl)ccc1Cl. The first-order chi connectivity index (χ1) is 8.97. The van der Waals surface area contributed by atoms with Crippen LogP contribution >= 0.6 is 23.2 Å². The lowest BCUT2D eigenvalue weighted by molar-refractivity contribution is 0.0691. The van der Waals surface area contributed by atoms with Crippen LogP contribution in [0.1, 0.15) is 10.5 Å². The molecule has 2 N–H and O–H groups in total. The number of aromatic carboxylic acids is 1. The predicted octanol–water partition coefficient (Wildman–Crippen LogP) is 3.97. The Bertz CT molecular complexity index is 650. The van der Waals surface area contributed by atoms with Gasteiger partial charge in [0.1, 0.15) is 11.6 Å². The van der Waals surface area contributed by atoms with E-state index in [-0.39, 0.29) is 21.6 Å². The Morgan fingerprint density at radius 2 is 1.95 bits per heavy atom. The van der Waals surface area contributed by atoms with E-state index in [4.69, 9.17) is 28.3 Å². The van der Waals surface area contributed by atoms with Crippen molar-refractivity contribution in [1.29, 1.82) is 0 Å². The minimum absolute atomic E-state index is 0.0308. The average Bonchev–Trinajstić information content (AvgIpc) is 2.34. The molecule has 0 radical (unpaired) electrons. The van der Waals surface area contributed by atoms with Crippen molar-refractivity contribution >= 4 is 40.7 Å². The van der Waals surface area contributed by atoms with E-state index >= 15 is 0 Å². The van der Waals surface area contributed by atoms with Crippen molar-refractivity contribution in [3.63, 3.8) is 0 Å². The standard InChI is InChI=1S/C12H7Cl2FN2O2/c13-7-2-4-10(17-11(7)12(18)19)16-9-3-1-6(15)5-8(9)14/h1-5H,(H,16,17)(H,18,19). The van der Waals surface area contributed by atoms with Gasteiger partial charge in [-0.3, -0.25) is 0 Å². The Balaban J connectivity index is 2.33. The van der Waals surface area contributed by atoms with Crippen LogP contribution in [0, 0.1) is 5.82 Å². The number of halogens is 3. The number of benzene rings is 1. The van der Waals surface area contributed by atoms with E-state index in [1.807, 2.05) is 0 Å². The maximum Gasteiger partial charge on any atom is 0.356 e. The molecule has 0 bridgehead atoms. The summed E-state index contributed by atoms with van der Waals surface area (Å²) < 4.78 is 12.9. The van der Waals surface area contributed by atoms with Gasteiger partial charge in [0.15, 0.2) is 5.69 Å². The lowest BCUT2D eigenvalue weighted by Gasteiger charge is -2.08. The fraction of sp³-hybridized carbons (Fsp3) is 0. The van der Waals surface area contributed by atoms with E-state index in [1.54, 1.807) is 0 Å². The van der Waals surface area contributed by atoms with Gasteiger partial charge >= 0.3 is 5.97 Å². The van der Waals surface area contributed by atoms with E-state index in [9.17, 15) is 9.18 Å². The van der Waals surface area contributed by atoms with Gasteiger partial charge in [0.05, 0.1) is 15.7 Å². The Morgan fingerprint density at radius 3 is 2.58 bits per heavy atom. The number of anilines is 2. The summed E-state index contributed by atoms with van der Waals surface area (Å²) in [4.78, 5) is 14.7. The number of hydrogen-bond acceptors (Lipinski definition) is 3. The van der Waals surface area contributed by atoms with E-state index in [0.717, 1.165) is 6.07 Å². The molecule has 0 amide bonds. The molecule has 0 fully saturated rings. The molecule has 2 rings (SSSR count). The molecule has 2 aromatic rings. The van der Waals surface area contributed by atoms with Crippen LogP contribution in [-0.2, 0) is 0 Å². The predicted molar refractivity (Wildman–Crippen MR) is 70.9 cm³/mol. The first kappa shape index (κ1) is 13.6. The molecule has 0 aliphatic carbocycles. The van der Waals surface area contributed by atoms with Crippen LogP contribution in [0.4, 0.5) is 15.9 Å². The van der Waals surface area contributed by atoms with Crippen LogP contribution in [0.15, 0.2) is 30.3 Å². The topological polar surface area (TPSA) is 62.2 Å². The van der Waals surface area contributed by atoms with Crippen molar-refractivity contribution in [2.45, 2.75) is 0 Å². The molecule has 0 aliphatic rings. The third-order valence-electron chi connectivity index (χ3n) is 2.24. The molecule has 0 atom stereocenters. The van der Waals surface area contributed by atoms with Crippen molar-refractivity contribution in [2.24, 2.45) is 0 Å². The van der Waals surface area contributed by atoms with Crippen molar-refractivity contribution in [3.05, 3.63) is 51.9 Å². The highest BCUT2D eigenvalue weighted by Crippen LogP contribution is 2.26. The second-order valence-corrected chi connectivity index (χ2v) is 4.40. The average molecular weight is 301 g/mol. The minimum Gasteiger partial charge on any atom is -0.476 e. The van der Waals surface area contributed by atoms with Gasteiger partial charge in [-0.05, 0) is 30.3 Å². The molecule has 1 aromatic carbocycles. The smallest absolute Gasteiger partial charge is 0.356 e. The van der Waals surface area contributed by atoms with Crippen molar-refractivity contribution in [2.75, 3.05) is 5.32 Å². The van der Waals surface area contributed by atoms with Crippen molar-refractivity contribution < 1.29 is 14.3 Å². The van der Waals surface area contributed by atoms with E-state index in [0.29, 0.717) is 5.69 Å². The number of rotatable bonds is 3. The zero-order chi connectivity index (χ0) is 14.0. The van der Waals surface area contributed by atoms with Gasteiger partial charge in [-0.1, -0.05) is 23.2 Å². The molecular formula is C12H7Cl2FN2O2. The molecule has 19 heavy (non-hydrogen) atoms. The molecule has 98 valence electrons. The second-order valence-electron chi connectivity index (χ2n) is 3.58. The summed E-state index contributed by atoms with van der Waals surface area (Å²) >= 11 is 11.5.